The molecule has 114 valence electrons. The van der Waals surface area contributed by atoms with Gasteiger partial charge in [0.2, 0.25) is 0 Å². The minimum Gasteiger partial charge on any atom is -0.393 e. The predicted octanol–water partition coefficient (Wildman–Crippen LogP) is 3.95. The second kappa shape index (κ2) is 4.91. The molecule has 0 unspecified atom stereocenters. The van der Waals surface area contributed by atoms with E-state index in [1.54, 1.807) is 5.20 Å². The zero-order valence-electron chi connectivity index (χ0n) is 13.4. The van der Waals surface area contributed by atoms with E-state index in [4.69, 9.17) is 5.73 Å². The topological polar surface area (TPSA) is 46.2 Å². The molecule has 2 atom stereocenters. The lowest BCUT2D eigenvalue weighted by Gasteiger charge is -2.39. The van der Waals surface area contributed by atoms with Crippen LogP contribution in [0, 0.1) is 0 Å². The van der Waals surface area contributed by atoms with Crippen molar-refractivity contribution in [2.45, 2.75) is 57.5 Å². The van der Waals surface area contributed by atoms with E-state index in [-0.39, 0.29) is 11.6 Å². The summed E-state index contributed by atoms with van der Waals surface area (Å²) < 4.78 is 0. The summed E-state index contributed by atoms with van der Waals surface area (Å²) in [6.07, 6.45) is 2.12. The first-order valence-electron chi connectivity index (χ1n) is 7.67. The lowest BCUT2D eigenvalue weighted by molar-refractivity contribution is 0.174. The molecule has 3 rings (SSSR count). The summed E-state index contributed by atoms with van der Waals surface area (Å²) in [5, 5.41) is 13.9. The van der Waals surface area contributed by atoms with Crippen LogP contribution in [-0.2, 0) is 0 Å². The monoisotopic (exact) mass is 319 g/mol. The maximum absolute atomic E-state index is 10.1. The standard InChI is InChI=1S/C17H25NOSSi/c1-11-13-8-12(19)9-17(13,18)10-15(21(2,3)4)16(11)14-6-5-7-20-14/h5-7,12,19H,8-10,18H2,1-4H3/t12-,17-/m0/s1. The average molecular weight is 320 g/mol. The van der Waals surface area contributed by atoms with Crippen LogP contribution in [0.5, 0.6) is 0 Å². The molecule has 21 heavy (non-hydrogen) atoms. The number of aliphatic hydroxyl groups excluding tert-OH is 1. The van der Waals surface area contributed by atoms with Crippen LogP contribution >= 0.6 is 11.3 Å². The summed E-state index contributed by atoms with van der Waals surface area (Å²) in [7, 11) is -1.46. The Kier molecular flexibility index (Phi) is 3.56. The number of thiophene rings is 1. The molecular weight excluding hydrogens is 294 g/mol. The van der Waals surface area contributed by atoms with E-state index >= 15 is 0 Å². The van der Waals surface area contributed by atoms with Gasteiger partial charge in [-0.1, -0.05) is 30.9 Å². The van der Waals surface area contributed by atoms with Crippen molar-refractivity contribution < 1.29 is 5.11 Å². The van der Waals surface area contributed by atoms with Gasteiger partial charge in [-0.15, -0.1) is 11.3 Å². The molecule has 1 heterocycles. The SMILES string of the molecule is CC1=C2C[C@H](O)C[C@]2(N)CC([Si](C)(C)C)=C1c1cccs1. The van der Waals surface area contributed by atoms with Gasteiger partial charge in [0, 0.05) is 10.4 Å². The second-order valence-corrected chi connectivity index (χ2v) is 13.6. The van der Waals surface area contributed by atoms with Gasteiger partial charge in [0.1, 0.15) is 0 Å². The van der Waals surface area contributed by atoms with Gasteiger partial charge < -0.3 is 10.8 Å². The quantitative estimate of drug-likeness (QED) is 0.811. The van der Waals surface area contributed by atoms with E-state index in [2.05, 4.69) is 44.1 Å². The Labute approximate surface area is 132 Å². The molecule has 0 saturated heterocycles. The molecule has 0 bridgehead atoms. The number of nitrogens with two attached hydrogens (primary N) is 1. The Morgan fingerprint density at radius 3 is 2.67 bits per heavy atom. The summed E-state index contributed by atoms with van der Waals surface area (Å²) >= 11 is 1.81. The molecule has 0 amide bonds. The fourth-order valence-corrected chi connectivity index (χ4v) is 6.80. The van der Waals surface area contributed by atoms with Gasteiger partial charge in [0.05, 0.1) is 14.2 Å². The summed E-state index contributed by atoms with van der Waals surface area (Å²) in [6.45, 7) is 9.43. The van der Waals surface area contributed by atoms with Gasteiger partial charge in [-0.25, -0.2) is 0 Å². The fraction of sp³-hybridized carbons (Fsp3) is 0.529. The van der Waals surface area contributed by atoms with Crippen molar-refractivity contribution in [1.82, 2.24) is 0 Å². The summed E-state index contributed by atoms with van der Waals surface area (Å²) in [6, 6.07) is 4.35. The third kappa shape index (κ3) is 2.48. The van der Waals surface area contributed by atoms with Crippen molar-refractivity contribution in [1.29, 1.82) is 0 Å². The van der Waals surface area contributed by atoms with Crippen molar-refractivity contribution >= 4 is 25.0 Å². The molecule has 0 spiro atoms. The number of aliphatic hydroxyl groups is 1. The molecule has 4 heteroatoms. The number of rotatable bonds is 2. The van der Waals surface area contributed by atoms with Crippen molar-refractivity contribution in [3.05, 3.63) is 38.7 Å². The summed E-state index contributed by atoms with van der Waals surface area (Å²) in [5.41, 5.74) is 10.5. The van der Waals surface area contributed by atoms with Crippen LogP contribution in [0.2, 0.25) is 19.6 Å². The maximum Gasteiger partial charge on any atom is 0.0734 e. The molecule has 0 aliphatic heterocycles. The maximum atomic E-state index is 10.1. The van der Waals surface area contributed by atoms with Crippen molar-refractivity contribution in [2.24, 2.45) is 5.73 Å². The van der Waals surface area contributed by atoms with Crippen LogP contribution < -0.4 is 5.73 Å². The third-order valence-corrected chi connectivity index (χ3v) is 8.06. The highest BCUT2D eigenvalue weighted by Gasteiger charge is 2.46. The summed E-state index contributed by atoms with van der Waals surface area (Å²) in [4.78, 5) is 1.36. The number of hydrogen-bond donors (Lipinski definition) is 2. The number of hydrogen-bond acceptors (Lipinski definition) is 3. The highest BCUT2D eigenvalue weighted by atomic mass is 32.1. The normalized spacial score (nSPS) is 30.1. The molecule has 2 aliphatic carbocycles. The van der Waals surface area contributed by atoms with Crippen molar-refractivity contribution in [3.63, 3.8) is 0 Å². The van der Waals surface area contributed by atoms with Crippen molar-refractivity contribution in [3.8, 4) is 0 Å². The van der Waals surface area contributed by atoms with E-state index in [1.807, 2.05) is 11.3 Å². The van der Waals surface area contributed by atoms with Gasteiger partial charge >= 0.3 is 0 Å². The average Bonchev–Trinajstić information content (AvgIpc) is 2.95. The molecule has 1 saturated carbocycles. The largest absolute Gasteiger partial charge is 0.393 e. The van der Waals surface area contributed by atoms with Crippen LogP contribution in [0.25, 0.3) is 5.57 Å². The van der Waals surface area contributed by atoms with Gasteiger partial charge in [0.25, 0.3) is 0 Å². The second-order valence-electron chi connectivity index (χ2n) is 7.58. The first-order valence-corrected chi connectivity index (χ1v) is 12.1. The lowest BCUT2D eigenvalue weighted by atomic mass is 9.79. The Balaban J connectivity index is 2.22. The molecule has 2 nitrogen and oxygen atoms in total. The van der Waals surface area contributed by atoms with Crippen LogP contribution in [0.3, 0.4) is 0 Å². The number of allylic oxidation sites excluding steroid dienone is 2. The third-order valence-electron chi connectivity index (χ3n) is 4.94. The minimum atomic E-state index is -1.46. The zero-order valence-corrected chi connectivity index (χ0v) is 15.2. The zero-order chi connectivity index (χ0) is 15.4. The number of fused-ring (bicyclic) bond motifs is 1. The van der Waals surface area contributed by atoms with Gasteiger partial charge in [-0.3, -0.25) is 0 Å². The minimum absolute atomic E-state index is 0.273. The van der Waals surface area contributed by atoms with Crippen LogP contribution in [0.1, 0.15) is 31.1 Å². The molecule has 1 aromatic rings. The smallest absolute Gasteiger partial charge is 0.0734 e. The van der Waals surface area contributed by atoms with E-state index in [1.165, 1.54) is 21.6 Å². The van der Waals surface area contributed by atoms with E-state index in [9.17, 15) is 5.11 Å². The first kappa shape index (κ1) is 15.2. The lowest BCUT2D eigenvalue weighted by Crippen LogP contribution is -2.45. The Hall–Kier alpha value is -0.683. The Bertz CT molecular complexity index is 624. The van der Waals surface area contributed by atoms with Crippen LogP contribution in [0.15, 0.2) is 33.9 Å². The van der Waals surface area contributed by atoms with E-state index in [0.29, 0.717) is 6.42 Å². The van der Waals surface area contributed by atoms with Gasteiger partial charge in [-0.05, 0) is 54.4 Å². The predicted molar refractivity (Wildman–Crippen MR) is 94.1 cm³/mol. The highest BCUT2D eigenvalue weighted by Crippen LogP contribution is 2.50. The molecular formula is C17H25NOSSi. The van der Waals surface area contributed by atoms with Gasteiger partial charge in [-0.2, -0.15) is 0 Å². The first-order chi connectivity index (χ1) is 9.72. The molecule has 1 fully saturated rings. The van der Waals surface area contributed by atoms with E-state index < -0.39 is 8.07 Å². The Morgan fingerprint density at radius 1 is 1.38 bits per heavy atom. The van der Waals surface area contributed by atoms with Gasteiger partial charge in [0.15, 0.2) is 0 Å². The summed E-state index contributed by atoms with van der Waals surface area (Å²) in [5.74, 6) is 0. The Morgan fingerprint density at radius 2 is 2.10 bits per heavy atom. The highest BCUT2D eigenvalue weighted by molar-refractivity contribution is 7.11. The van der Waals surface area contributed by atoms with Crippen LogP contribution in [-0.4, -0.2) is 24.8 Å². The van der Waals surface area contributed by atoms with Crippen LogP contribution in [0.4, 0.5) is 0 Å². The fourth-order valence-electron chi connectivity index (χ4n) is 3.94. The molecule has 0 radical (unpaired) electrons. The van der Waals surface area contributed by atoms with Crippen molar-refractivity contribution in [2.75, 3.05) is 0 Å². The molecule has 2 aliphatic rings. The van der Waals surface area contributed by atoms with E-state index in [0.717, 1.165) is 12.8 Å². The molecule has 0 aromatic carbocycles. The molecule has 3 N–H and O–H groups in total. The molecule has 1 aromatic heterocycles.